The third-order valence-corrected chi connectivity index (χ3v) is 4.74. The maximum Gasteiger partial charge on any atom is 0.417 e. The molecule has 2 aliphatic rings. The zero-order valence-electron chi connectivity index (χ0n) is 12.0. The van der Waals surface area contributed by atoms with Crippen LogP contribution < -0.4 is 0 Å². The van der Waals surface area contributed by atoms with Crippen molar-refractivity contribution in [2.24, 2.45) is 0 Å². The van der Waals surface area contributed by atoms with Gasteiger partial charge in [-0.3, -0.25) is 4.79 Å². The normalized spacial score (nSPS) is 25.7. The lowest BCUT2D eigenvalue weighted by Crippen LogP contribution is -2.55. The van der Waals surface area contributed by atoms with Crippen molar-refractivity contribution in [3.8, 4) is 0 Å². The Hall–Kier alpha value is -0.820. The lowest BCUT2D eigenvalue weighted by molar-refractivity contribution is -0.272. The first-order chi connectivity index (χ1) is 9.65. The highest BCUT2D eigenvalue weighted by molar-refractivity contribution is 5.77. The monoisotopic (exact) mass is 309 g/mol. The molecule has 0 aromatic heterocycles. The Kier molecular flexibility index (Phi) is 4.54. The van der Waals surface area contributed by atoms with Crippen LogP contribution in [0.1, 0.15) is 51.4 Å². The van der Waals surface area contributed by atoms with E-state index >= 15 is 0 Å². The molecular formula is C14H22F3NO3. The first kappa shape index (κ1) is 16.5. The molecule has 0 atom stereocenters. The van der Waals surface area contributed by atoms with E-state index in [1.807, 2.05) is 0 Å². The number of rotatable bonds is 2. The number of amides is 1. The number of carbonyl (C=O) groups is 1. The molecule has 1 amide bonds. The van der Waals surface area contributed by atoms with Gasteiger partial charge >= 0.3 is 6.18 Å². The average Bonchev–Trinajstić information content (AvgIpc) is 2.38. The number of aliphatic hydroxyl groups is 2. The molecular weight excluding hydrogens is 287 g/mol. The largest absolute Gasteiger partial charge is 0.417 e. The van der Waals surface area contributed by atoms with E-state index in [9.17, 15) is 28.2 Å². The van der Waals surface area contributed by atoms with Crippen molar-refractivity contribution in [1.29, 1.82) is 0 Å². The van der Waals surface area contributed by atoms with Gasteiger partial charge in [-0.1, -0.05) is 19.3 Å². The van der Waals surface area contributed by atoms with Crippen molar-refractivity contribution >= 4 is 5.91 Å². The molecule has 1 saturated carbocycles. The summed E-state index contributed by atoms with van der Waals surface area (Å²) >= 11 is 0. The molecule has 2 fully saturated rings. The predicted octanol–water partition coefficient (Wildman–Crippen LogP) is 1.99. The smallest absolute Gasteiger partial charge is 0.389 e. The minimum Gasteiger partial charge on any atom is -0.389 e. The van der Waals surface area contributed by atoms with Crippen LogP contribution in [-0.4, -0.2) is 51.5 Å². The second-order valence-corrected chi connectivity index (χ2v) is 6.37. The molecule has 1 heterocycles. The fourth-order valence-corrected chi connectivity index (χ4v) is 3.19. The summed E-state index contributed by atoms with van der Waals surface area (Å²) in [5, 5.41) is 19.9. The topological polar surface area (TPSA) is 60.8 Å². The quantitative estimate of drug-likeness (QED) is 0.820. The van der Waals surface area contributed by atoms with Crippen LogP contribution in [0.5, 0.6) is 0 Å². The summed E-state index contributed by atoms with van der Waals surface area (Å²) in [7, 11) is 0. The number of piperidine rings is 1. The Bertz CT molecular complexity index is 383. The van der Waals surface area contributed by atoms with Gasteiger partial charge in [-0.25, -0.2) is 0 Å². The van der Waals surface area contributed by atoms with Gasteiger partial charge in [0.25, 0.3) is 0 Å². The standard InChI is InChI=1S/C14H22F3NO3/c15-14(16,17)13(21)6-8-18(9-7-13)11(19)10-12(20)4-2-1-3-5-12/h20-21H,1-10H2. The van der Waals surface area contributed by atoms with Crippen LogP contribution in [0.4, 0.5) is 13.2 Å². The molecule has 0 unspecified atom stereocenters. The summed E-state index contributed by atoms with van der Waals surface area (Å²) in [4.78, 5) is 13.5. The van der Waals surface area contributed by atoms with Crippen molar-refractivity contribution < 1.29 is 28.2 Å². The van der Waals surface area contributed by atoms with E-state index in [4.69, 9.17) is 0 Å². The van der Waals surface area contributed by atoms with Crippen LogP contribution in [0.15, 0.2) is 0 Å². The number of halogens is 3. The molecule has 0 aromatic rings. The average molecular weight is 309 g/mol. The second-order valence-electron chi connectivity index (χ2n) is 6.37. The highest BCUT2D eigenvalue weighted by Crippen LogP contribution is 2.39. The lowest BCUT2D eigenvalue weighted by Gasteiger charge is -2.40. The van der Waals surface area contributed by atoms with E-state index in [0.29, 0.717) is 12.8 Å². The maximum atomic E-state index is 12.7. The van der Waals surface area contributed by atoms with E-state index in [0.717, 1.165) is 19.3 Å². The summed E-state index contributed by atoms with van der Waals surface area (Å²) < 4.78 is 38.1. The summed E-state index contributed by atoms with van der Waals surface area (Å²) in [6.45, 7) is -0.240. The fraction of sp³-hybridized carbons (Fsp3) is 0.929. The molecule has 0 bridgehead atoms. The van der Waals surface area contributed by atoms with E-state index in [1.165, 1.54) is 4.90 Å². The van der Waals surface area contributed by atoms with Gasteiger partial charge in [0.2, 0.25) is 5.91 Å². The van der Waals surface area contributed by atoms with Gasteiger partial charge < -0.3 is 15.1 Å². The van der Waals surface area contributed by atoms with Gasteiger partial charge in [0.05, 0.1) is 12.0 Å². The number of likely N-dealkylation sites (tertiary alicyclic amines) is 1. The molecule has 4 nitrogen and oxygen atoms in total. The zero-order valence-corrected chi connectivity index (χ0v) is 12.0. The SMILES string of the molecule is O=C(CC1(O)CCCCC1)N1CCC(O)(C(F)(F)F)CC1. The van der Waals surface area contributed by atoms with Gasteiger partial charge in [0, 0.05) is 25.9 Å². The highest BCUT2D eigenvalue weighted by atomic mass is 19.4. The number of alkyl halides is 3. The molecule has 122 valence electrons. The Labute approximate surface area is 121 Å². The predicted molar refractivity (Wildman–Crippen MR) is 69.5 cm³/mol. The first-order valence-corrected chi connectivity index (χ1v) is 7.45. The third kappa shape index (κ3) is 3.69. The van der Waals surface area contributed by atoms with Crippen LogP contribution in [-0.2, 0) is 4.79 Å². The minimum absolute atomic E-state index is 0.0303. The Morgan fingerprint density at radius 3 is 2.00 bits per heavy atom. The third-order valence-electron chi connectivity index (χ3n) is 4.74. The van der Waals surface area contributed by atoms with Gasteiger partial charge in [-0.2, -0.15) is 13.2 Å². The maximum absolute atomic E-state index is 12.7. The van der Waals surface area contributed by atoms with Crippen LogP contribution in [0.3, 0.4) is 0 Å². The Balaban J connectivity index is 1.89. The van der Waals surface area contributed by atoms with E-state index in [1.54, 1.807) is 0 Å². The van der Waals surface area contributed by atoms with E-state index in [-0.39, 0.29) is 25.4 Å². The summed E-state index contributed by atoms with van der Waals surface area (Å²) in [6, 6.07) is 0. The highest BCUT2D eigenvalue weighted by Gasteiger charge is 2.55. The van der Waals surface area contributed by atoms with Gasteiger partial charge in [-0.05, 0) is 12.8 Å². The summed E-state index contributed by atoms with van der Waals surface area (Å²) in [6.07, 6.45) is -1.77. The van der Waals surface area contributed by atoms with Crippen molar-refractivity contribution in [2.45, 2.75) is 68.7 Å². The van der Waals surface area contributed by atoms with Crippen LogP contribution in [0.25, 0.3) is 0 Å². The molecule has 1 saturated heterocycles. The number of nitrogens with zero attached hydrogens (tertiary/aromatic N) is 1. The molecule has 7 heteroatoms. The first-order valence-electron chi connectivity index (χ1n) is 7.45. The van der Waals surface area contributed by atoms with Gasteiger partial charge in [0.15, 0.2) is 5.60 Å². The molecule has 2 N–H and O–H groups in total. The Morgan fingerprint density at radius 2 is 1.52 bits per heavy atom. The summed E-state index contributed by atoms with van der Waals surface area (Å²) in [5.74, 6) is -0.316. The summed E-state index contributed by atoms with van der Waals surface area (Å²) in [5.41, 5.74) is -3.70. The molecule has 0 aromatic carbocycles. The number of hydrogen-bond donors (Lipinski definition) is 2. The van der Waals surface area contributed by atoms with E-state index < -0.39 is 30.2 Å². The molecule has 0 radical (unpaired) electrons. The molecule has 1 aliphatic carbocycles. The number of hydrogen-bond acceptors (Lipinski definition) is 3. The second kappa shape index (κ2) is 5.76. The van der Waals surface area contributed by atoms with Gasteiger partial charge in [0.1, 0.15) is 0 Å². The van der Waals surface area contributed by atoms with Crippen molar-refractivity contribution in [3.05, 3.63) is 0 Å². The van der Waals surface area contributed by atoms with E-state index in [2.05, 4.69) is 0 Å². The van der Waals surface area contributed by atoms with Crippen molar-refractivity contribution in [2.75, 3.05) is 13.1 Å². The van der Waals surface area contributed by atoms with Crippen LogP contribution in [0.2, 0.25) is 0 Å². The minimum atomic E-state index is -4.66. The zero-order chi connectivity index (χ0) is 15.7. The molecule has 0 spiro atoms. The van der Waals surface area contributed by atoms with Crippen molar-refractivity contribution in [1.82, 2.24) is 4.90 Å². The lowest BCUT2D eigenvalue weighted by atomic mass is 9.82. The van der Waals surface area contributed by atoms with Crippen LogP contribution >= 0.6 is 0 Å². The molecule has 1 aliphatic heterocycles. The Morgan fingerprint density at radius 1 is 1.00 bits per heavy atom. The number of carbonyl (C=O) groups excluding carboxylic acids is 1. The van der Waals surface area contributed by atoms with Gasteiger partial charge in [-0.15, -0.1) is 0 Å². The molecule has 21 heavy (non-hydrogen) atoms. The van der Waals surface area contributed by atoms with Crippen LogP contribution in [0, 0.1) is 0 Å². The van der Waals surface area contributed by atoms with Crippen molar-refractivity contribution in [3.63, 3.8) is 0 Å². The fourth-order valence-electron chi connectivity index (χ4n) is 3.19. The molecule has 2 rings (SSSR count).